The Labute approximate surface area is 72.4 Å². The van der Waals surface area contributed by atoms with Gasteiger partial charge in [0, 0.05) is 31.5 Å². The number of aliphatic hydroxyl groups is 1. The van der Waals surface area contributed by atoms with Gasteiger partial charge in [-0.25, -0.2) is 0 Å². The summed E-state index contributed by atoms with van der Waals surface area (Å²) in [4.78, 5) is 13.3. The summed E-state index contributed by atoms with van der Waals surface area (Å²) in [7, 11) is 0. The summed E-state index contributed by atoms with van der Waals surface area (Å²) in [6, 6.07) is 0.358. The van der Waals surface area contributed by atoms with Crippen molar-refractivity contribution in [2.75, 3.05) is 13.2 Å². The lowest BCUT2D eigenvalue weighted by Gasteiger charge is -2.35. The van der Waals surface area contributed by atoms with Crippen LogP contribution in [0.15, 0.2) is 0 Å². The third-order valence-corrected chi connectivity index (χ3v) is 3.13. The van der Waals surface area contributed by atoms with Crippen molar-refractivity contribution < 1.29 is 9.90 Å². The molecule has 2 heterocycles. The van der Waals surface area contributed by atoms with Gasteiger partial charge in [0.25, 0.3) is 0 Å². The van der Waals surface area contributed by atoms with Crippen LogP contribution in [-0.4, -0.2) is 35.1 Å². The quantitative estimate of drug-likeness (QED) is 0.616. The summed E-state index contributed by atoms with van der Waals surface area (Å²) >= 11 is 0. The Morgan fingerprint density at radius 2 is 2.33 bits per heavy atom. The van der Waals surface area contributed by atoms with E-state index in [2.05, 4.69) is 0 Å². The second kappa shape index (κ2) is 3.05. The van der Waals surface area contributed by atoms with Crippen molar-refractivity contribution >= 4 is 5.91 Å². The third-order valence-electron chi connectivity index (χ3n) is 3.13. The van der Waals surface area contributed by atoms with Crippen LogP contribution in [0, 0.1) is 5.92 Å². The molecule has 3 nitrogen and oxygen atoms in total. The standard InChI is InChI=1S/C9H15NO2/c11-6-7-2-1-5-10-8(7)3-4-9(10)12/h7-8,11H,1-6H2. The fourth-order valence-corrected chi connectivity index (χ4v) is 2.47. The molecule has 2 rings (SSSR count). The number of hydrogen-bond acceptors (Lipinski definition) is 2. The van der Waals surface area contributed by atoms with Gasteiger partial charge >= 0.3 is 0 Å². The molecule has 2 aliphatic heterocycles. The van der Waals surface area contributed by atoms with Gasteiger partial charge in [0.2, 0.25) is 5.91 Å². The smallest absolute Gasteiger partial charge is 0.222 e. The summed E-state index contributed by atoms with van der Waals surface area (Å²) in [6.45, 7) is 1.16. The first-order valence-corrected chi connectivity index (χ1v) is 4.73. The highest BCUT2D eigenvalue weighted by Gasteiger charge is 2.38. The van der Waals surface area contributed by atoms with Gasteiger partial charge in [-0.1, -0.05) is 0 Å². The molecule has 3 heteroatoms. The Kier molecular flexibility index (Phi) is 2.05. The van der Waals surface area contributed by atoms with E-state index in [4.69, 9.17) is 5.11 Å². The first-order valence-electron chi connectivity index (χ1n) is 4.73. The van der Waals surface area contributed by atoms with Gasteiger partial charge in [0.15, 0.2) is 0 Å². The predicted molar refractivity (Wildman–Crippen MR) is 44.5 cm³/mol. The van der Waals surface area contributed by atoms with Crippen LogP contribution in [-0.2, 0) is 4.79 Å². The molecule has 0 bridgehead atoms. The van der Waals surface area contributed by atoms with E-state index >= 15 is 0 Å². The van der Waals surface area contributed by atoms with Crippen LogP contribution >= 0.6 is 0 Å². The molecule has 0 aromatic rings. The summed E-state index contributed by atoms with van der Waals surface area (Å²) in [5, 5.41) is 9.09. The fourth-order valence-electron chi connectivity index (χ4n) is 2.47. The lowest BCUT2D eigenvalue weighted by atomic mass is 9.90. The van der Waals surface area contributed by atoms with Crippen molar-refractivity contribution in [1.29, 1.82) is 0 Å². The maximum Gasteiger partial charge on any atom is 0.222 e. The highest BCUT2D eigenvalue weighted by Crippen LogP contribution is 2.31. The minimum Gasteiger partial charge on any atom is -0.396 e. The van der Waals surface area contributed by atoms with Gasteiger partial charge in [-0.15, -0.1) is 0 Å². The Morgan fingerprint density at radius 3 is 3.08 bits per heavy atom. The van der Waals surface area contributed by atoms with Crippen LogP contribution in [0.2, 0.25) is 0 Å². The second-order valence-corrected chi connectivity index (χ2v) is 3.78. The van der Waals surface area contributed by atoms with Crippen LogP contribution in [0.3, 0.4) is 0 Å². The van der Waals surface area contributed by atoms with Gasteiger partial charge in [0.05, 0.1) is 0 Å². The molecule has 0 radical (unpaired) electrons. The van der Waals surface area contributed by atoms with Gasteiger partial charge in [-0.3, -0.25) is 4.79 Å². The van der Waals surface area contributed by atoms with E-state index in [1.165, 1.54) is 0 Å². The highest BCUT2D eigenvalue weighted by atomic mass is 16.3. The van der Waals surface area contributed by atoms with Crippen molar-refractivity contribution in [3.63, 3.8) is 0 Å². The number of fused-ring (bicyclic) bond motifs is 1. The van der Waals surface area contributed by atoms with Crippen LogP contribution < -0.4 is 0 Å². The number of nitrogens with zero attached hydrogens (tertiary/aromatic N) is 1. The zero-order valence-electron chi connectivity index (χ0n) is 7.20. The maximum absolute atomic E-state index is 11.3. The number of hydrogen-bond donors (Lipinski definition) is 1. The average molecular weight is 169 g/mol. The molecule has 0 saturated carbocycles. The second-order valence-electron chi connectivity index (χ2n) is 3.78. The van der Waals surface area contributed by atoms with Crippen LogP contribution in [0.5, 0.6) is 0 Å². The van der Waals surface area contributed by atoms with Gasteiger partial charge in [0.1, 0.15) is 0 Å². The van der Waals surface area contributed by atoms with E-state index < -0.39 is 0 Å². The first-order chi connectivity index (χ1) is 5.83. The summed E-state index contributed by atoms with van der Waals surface area (Å²) in [5.74, 6) is 0.642. The number of carbonyl (C=O) groups excluding carboxylic acids is 1. The van der Waals surface area contributed by atoms with E-state index in [-0.39, 0.29) is 12.5 Å². The molecule has 1 amide bonds. The van der Waals surface area contributed by atoms with E-state index in [1.807, 2.05) is 4.90 Å². The topological polar surface area (TPSA) is 40.5 Å². The maximum atomic E-state index is 11.3. The molecule has 2 saturated heterocycles. The SMILES string of the molecule is O=C1CCC2C(CO)CCCN12. The van der Waals surface area contributed by atoms with Crippen molar-refractivity contribution in [2.45, 2.75) is 31.7 Å². The van der Waals surface area contributed by atoms with E-state index in [0.717, 1.165) is 25.8 Å². The van der Waals surface area contributed by atoms with E-state index in [0.29, 0.717) is 18.4 Å². The predicted octanol–water partition coefficient (Wildman–Crippen LogP) is 0.380. The summed E-state index contributed by atoms with van der Waals surface area (Å²) in [5.41, 5.74) is 0. The molecule has 68 valence electrons. The normalized spacial score (nSPS) is 35.4. The molecule has 12 heavy (non-hydrogen) atoms. The molecule has 2 fully saturated rings. The van der Waals surface area contributed by atoms with Crippen molar-refractivity contribution in [1.82, 2.24) is 4.90 Å². The average Bonchev–Trinajstić information content (AvgIpc) is 2.48. The van der Waals surface area contributed by atoms with Crippen LogP contribution in [0.4, 0.5) is 0 Å². The lowest BCUT2D eigenvalue weighted by molar-refractivity contribution is -0.131. The molecule has 2 aliphatic rings. The van der Waals surface area contributed by atoms with Gasteiger partial charge in [-0.2, -0.15) is 0 Å². The molecule has 2 unspecified atom stereocenters. The Hall–Kier alpha value is -0.570. The Bertz CT molecular complexity index is 193. The van der Waals surface area contributed by atoms with Crippen molar-refractivity contribution in [2.24, 2.45) is 5.92 Å². The molecule has 1 N–H and O–H groups in total. The largest absolute Gasteiger partial charge is 0.396 e. The summed E-state index contributed by atoms with van der Waals surface area (Å²) < 4.78 is 0. The number of aliphatic hydroxyl groups excluding tert-OH is 1. The fraction of sp³-hybridized carbons (Fsp3) is 0.889. The molecular weight excluding hydrogens is 154 g/mol. The minimum atomic E-state index is 0.244. The molecule has 0 aromatic carbocycles. The molecule has 0 aromatic heterocycles. The molecule has 0 spiro atoms. The first kappa shape index (κ1) is 8.05. The molecular formula is C9H15NO2. The monoisotopic (exact) mass is 169 g/mol. The van der Waals surface area contributed by atoms with Crippen LogP contribution in [0.1, 0.15) is 25.7 Å². The van der Waals surface area contributed by atoms with E-state index in [9.17, 15) is 4.79 Å². The number of carbonyl (C=O) groups is 1. The van der Waals surface area contributed by atoms with Gasteiger partial charge in [-0.05, 0) is 19.3 Å². The molecule has 0 aliphatic carbocycles. The number of piperidine rings is 1. The van der Waals surface area contributed by atoms with Crippen LogP contribution in [0.25, 0.3) is 0 Å². The minimum absolute atomic E-state index is 0.244. The number of amides is 1. The summed E-state index contributed by atoms with van der Waals surface area (Å²) in [6.07, 6.45) is 3.81. The Balaban J connectivity index is 2.09. The zero-order chi connectivity index (χ0) is 8.55. The van der Waals surface area contributed by atoms with Gasteiger partial charge < -0.3 is 10.0 Å². The highest BCUT2D eigenvalue weighted by molar-refractivity contribution is 5.78. The zero-order valence-corrected chi connectivity index (χ0v) is 7.20. The van der Waals surface area contributed by atoms with Crippen molar-refractivity contribution in [3.8, 4) is 0 Å². The molecule has 2 atom stereocenters. The lowest BCUT2D eigenvalue weighted by Crippen LogP contribution is -2.43. The van der Waals surface area contributed by atoms with Crippen molar-refractivity contribution in [3.05, 3.63) is 0 Å². The number of rotatable bonds is 1. The Morgan fingerprint density at radius 1 is 1.50 bits per heavy atom. The third kappa shape index (κ3) is 1.12. The van der Waals surface area contributed by atoms with E-state index in [1.54, 1.807) is 0 Å².